The number of hydrogen-bond acceptors (Lipinski definition) is 2. The summed E-state index contributed by atoms with van der Waals surface area (Å²) in [5.41, 5.74) is 3.32. The number of sulfone groups is 1. The Hall–Kier alpha value is -0.570. The fraction of sp³-hybridized carbons (Fsp3) is 0.714. The standard InChI is InChI=1S/C14H24O2S/c1-9(2)12-7-8-17(15,16)14(11(5)6)13(12)10(3)4/h9-10H,7-8H2,1-6H3. The van der Waals surface area contributed by atoms with Crippen LogP contribution in [0.1, 0.15) is 48.0 Å². The fourth-order valence-corrected chi connectivity index (χ4v) is 4.62. The van der Waals surface area contributed by atoms with Crippen LogP contribution in [0.3, 0.4) is 0 Å². The molecule has 0 aromatic heterocycles. The van der Waals surface area contributed by atoms with Crippen molar-refractivity contribution < 1.29 is 8.42 Å². The van der Waals surface area contributed by atoms with Gasteiger partial charge < -0.3 is 0 Å². The maximum atomic E-state index is 12.2. The van der Waals surface area contributed by atoms with E-state index in [-0.39, 0.29) is 11.7 Å². The minimum atomic E-state index is -3.06. The van der Waals surface area contributed by atoms with Crippen molar-refractivity contribution in [1.82, 2.24) is 0 Å². The van der Waals surface area contributed by atoms with Crippen molar-refractivity contribution in [2.45, 2.75) is 48.0 Å². The number of hydrogen-bond donors (Lipinski definition) is 0. The van der Waals surface area contributed by atoms with Crippen molar-refractivity contribution >= 4 is 9.84 Å². The van der Waals surface area contributed by atoms with Gasteiger partial charge in [0.15, 0.2) is 9.84 Å². The van der Waals surface area contributed by atoms with E-state index >= 15 is 0 Å². The van der Waals surface area contributed by atoms with Gasteiger partial charge in [0.1, 0.15) is 0 Å². The van der Waals surface area contributed by atoms with Crippen molar-refractivity contribution in [3.8, 4) is 0 Å². The topological polar surface area (TPSA) is 34.1 Å². The van der Waals surface area contributed by atoms with Crippen LogP contribution in [0.15, 0.2) is 21.6 Å². The number of allylic oxidation sites excluding steroid dienone is 3. The molecule has 1 aliphatic heterocycles. The molecule has 98 valence electrons. The summed E-state index contributed by atoms with van der Waals surface area (Å²) in [6, 6.07) is 0. The highest BCUT2D eigenvalue weighted by molar-refractivity contribution is 7.95. The average molecular weight is 256 g/mol. The molecule has 1 rings (SSSR count). The van der Waals surface area contributed by atoms with Crippen LogP contribution in [0.5, 0.6) is 0 Å². The monoisotopic (exact) mass is 256 g/mol. The Balaban J connectivity index is 3.58. The Morgan fingerprint density at radius 2 is 1.59 bits per heavy atom. The quantitative estimate of drug-likeness (QED) is 0.755. The van der Waals surface area contributed by atoms with Crippen molar-refractivity contribution in [3.05, 3.63) is 21.6 Å². The van der Waals surface area contributed by atoms with E-state index in [1.807, 2.05) is 13.8 Å². The van der Waals surface area contributed by atoms with E-state index in [9.17, 15) is 8.42 Å². The lowest BCUT2D eigenvalue weighted by molar-refractivity contribution is 0.588. The molecule has 0 bridgehead atoms. The molecule has 0 N–H and O–H groups in total. The first kappa shape index (κ1) is 14.5. The average Bonchev–Trinajstić information content (AvgIpc) is 2.14. The molecule has 0 saturated heterocycles. The summed E-state index contributed by atoms with van der Waals surface area (Å²) in [7, 11) is -3.06. The van der Waals surface area contributed by atoms with Gasteiger partial charge in [-0.1, -0.05) is 38.8 Å². The molecule has 0 amide bonds. The van der Waals surface area contributed by atoms with Gasteiger partial charge in [-0.25, -0.2) is 8.42 Å². The zero-order chi connectivity index (χ0) is 13.4. The molecule has 0 unspecified atom stereocenters. The number of rotatable bonds is 2. The van der Waals surface area contributed by atoms with E-state index in [0.29, 0.717) is 17.2 Å². The zero-order valence-electron chi connectivity index (χ0n) is 11.8. The van der Waals surface area contributed by atoms with Crippen LogP contribution >= 0.6 is 0 Å². The molecule has 0 atom stereocenters. The first-order valence-corrected chi connectivity index (χ1v) is 7.97. The molecule has 0 aromatic carbocycles. The maximum Gasteiger partial charge on any atom is 0.178 e. The van der Waals surface area contributed by atoms with E-state index in [1.54, 1.807) is 0 Å². The molecule has 2 nitrogen and oxygen atoms in total. The second-order valence-electron chi connectivity index (χ2n) is 5.65. The van der Waals surface area contributed by atoms with Crippen molar-refractivity contribution in [2.24, 2.45) is 11.8 Å². The minimum absolute atomic E-state index is 0.271. The van der Waals surface area contributed by atoms with E-state index in [1.165, 1.54) is 5.57 Å². The minimum Gasteiger partial charge on any atom is -0.224 e. The van der Waals surface area contributed by atoms with Crippen LogP contribution < -0.4 is 0 Å². The molecule has 1 heterocycles. The summed E-state index contributed by atoms with van der Waals surface area (Å²) < 4.78 is 24.4. The molecule has 3 heteroatoms. The Morgan fingerprint density at radius 3 is 1.94 bits per heavy atom. The van der Waals surface area contributed by atoms with E-state index in [4.69, 9.17) is 0 Å². The Labute approximate surface area is 106 Å². The van der Waals surface area contributed by atoms with Crippen LogP contribution in [0, 0.1) is 11.8 Å². The van der Waals surface area contributed by atoms with Crippen LogP contribution in [-0.2, 0) is 9.84 Å². The molecular formula is C14H24O2S. The lowest BCUT2D eigenvalue weighted by Gasteiger charge is -2.29. The van der Waals surface area contributed by atoms with Gasteiger partial charge in [0.05, 0.1) is 10.7 Å². The van der Waals surface area contributed by atoms with Crippen LogP contribution in [0.25, 0.3) is 0 Å². The summed E-state index contributed by atoms with van der Waals surface area (Å²) in [6.07, 6.45) is 0.699. The van der Waals surface area contributed by atoms with E-state index < -0.39 is 9.84 Å². The van der Waals surface area contributed by atoms with Crippen LogP contribution in [0.4, 0.5) is 0 Å². The normalized spacial score (nSPS) is 20.4. The second kappa shape index (κ2) is 4.97. The van der Waals surface area contributed by atoms with E-state index in [2.05, 4.69) is 27.7 Å². The molecule has 0 aliphatic carbocycles. The summed E-state index contributed by atoms with van der Waals surface area (Å²) in [4.78, 5) is 0.613. The second-order valence-corrected chi connectivity index (χ2v) is 7.69. The van der Waals surface area contributed by atoms with Crippen molar-refractivity contribution in [2.75, 3.05) is 5.75 Å². The predicted molar refractivity (Wildman–Crippen MR) is 73.5 cm³/mol. The predicted octanol–water partition coefficient (Wildman–Crippen LogP) is 3.71. The third-order valence-electron chi connectivity index (χ3n) is 3.27. The fourth-order valence-electron chi connectivity index (χ4n) is 2.61. The Morgan fingerprint density at radius 1 is 1.06 bits per heavy atom. The highest BCUT2D eigenvalue weighted by atomic mass is 32.2. The van der Waals surface area contributed by atoms with Gasteiger partial charge in [-0.3, -0.25) is 0 Å². The largest absolute Gasteiger partial charge is 0.224 e. The first-order valence-electron chi connectivity index (χ1n) is 6.32. The summed E-state index contributed by atoms with van der Waals surface area (Å²) in [5.74, 6) is 0.974. The molecule has 1 aliphatic rings. The first-order chi connectivity index (χ1) is 7.68. The van der Waals surface area contributed by atoms with Crippen LogP contribution in [0.2, 0.25) is 0 Å². The zero-order valence-corrected chi connectivity index (χ0v) is 12.6. The molecular weight excluding hydrogens is 232 g/mol. The van der Waals surface area contributed by atoms with Gasteiger partial charge in [-0.2, -0.15) is 0 Å². The molecule has 0 spiro atoms. The van der Waals surface area contributed by atoms with Gasteiger partial charge in [0, 0.05) is 0 Å². The van der Waals surface area contributed by atoms with Crippen LogP contribution in [-0.4, -0.2) is 14.2 Å². The van der Waals surface area contributed by atoms with Crippen molar-refractivity contribution in [3.63, 3.8) is 0 Å². The third-order valence-corrected chi connectivity index (χ3v) is 5.26. The molecule has 0 aromatic rings. The molecule has 0 fully saturated rings. The van der Waals surface area contributed by atoms with Gasteiger partial charge in [-0.15, -0.1) is 0 Å². The highest BCUT2D eigenvalue weighted by Crippen LogP contribution is 2.38. The smallest absolute Gasteiger partial charge is 0.178 e. The SMILES string of the molecule is CC(C)=C1C(C(C)C)=C(C(C)C)CCS1(=O)=O. The summed E-state index contributed by atoms with van der Waals surface area (Å²) in [5, 5.41) is 0. The van der Waals surface area contributed by atoms with Gasteiger partial charge in [0.2, 0.25) is 0 Å². The van der Waals surface area contributed by atoms with Gasteiger partial charge >= 0.3 is 0 Å². The third kappa shape index (κ3) is 2.82. The summed E-state index contributed by atoms with van der Waals surface area (Å²) >= 11 is 0. The summed E-state index contributed by atoms with van der Waals surface area (Å²) in [6.45, 7) is 12.3. The van der Waals surface area contributed by atoms with Crippen molar-refractivity contribution in [1.29, 1.82) is 0 Å². The lowest BCUT2D eigenvalue weighted by Crippen LogP contribution is -2.24. The molecule has 0 saturated carbocycles. The molecule has 0 radical (unpaired) electrons. The molecule has 17 heavy (non-hydrogen) atoms. The highest BCUT2D eigenvalue weighted by Gasteiger charge is 2.32. The van der Waals surface area contributed by atoms with Gasteiger partial charge in [-0.05, 0) is 37.7 Å². The lowest BCUT2D eigenvalue weighted by atomic mass is 9.87. The Kier molecular flexibility index (Phi) is 4.23. The Bertz CT molecular complexity index is 458. The maximum absolute atomic E-state index is 12.2. The van der Waals surface area contributed by atoms with E-state index in [0.717, 1.165) is 11.1 Å². The van der Waals surface area contributed by atoms with Gasteiger partial charge in [0.25, 0.3) is 0 Å².